The summed E-state index contributed by atoms with van der Waals surface area (Å²) in [6.45, 7) is -1.73. The van der Waals surface area contributed by atoms with E-state index in [2.05, 4.69) is 20.0 Å². The van der Waals surface area contributed by atoms with E-state index in [1.807, 2.05) is 0 Å². The summed E-state index contributed by atoms with van der Waals surface area (Å²) in [6, 6.07) is 0.298. The van der Waals surface area contributed by atoms with E-state index >= 15 is 0 Å². The minimum atomic E-state index is -4.80. The maximum atomic E-state index is 12.4. The lowest BCUT2D eigenvalue weighted by Crippen LogP contribution is -2.20. The Kier molecular flexibility index (Phi) is 3.87. The molecular formula is C8H7F6N3O. The topological polar surface area (TPSA) is 47.0 Å². The summed E-state index contributed by atoms with van der Waals surface area (Å²) in [5, 5.41) is 2.19. The minimum Gasteiger partial charge on any atom is -0.468 e. The van der Waals surface area contributed by atoms with Gasteiger partial charge in [-0.25, -0.2) is 4.98 Å². The van der Waals surface area contributed by atoms with Crippen LogP contribution in [0, 0.1) is 0 Å². The van der Waals surface area contributed by atoms with E-state index < -0.39 is 36.5 Å². The fraction of sp³-hybridized carbons (Fsp3) is 0.500. The van der Waals surface area contributed by atoms with Gasteiger partial charge < -0.3 is 10.1 Å². The van der Waals surface area contributed by atoms with Crippen molar-refractivity contribution in [2.75, 3.05) is 19.0 Å². The molecule has 0 saturated carbocycles. The van der Waals surface area contributed by atoms with Crippen LogP contribution in [0.4, 0.5) is 32.3 Å². The van der Waals surface area contributed by atoms with Gasteiger partial charge in [0.2, 0.25) is 11.8 Å². The average Bonchev–Trinajstić information content (AvgIpc) is 2.24. The fourth-order valence-electron chi connectivity index (χ4n) is 0.912. The van der Waals surface area contributed by atoms with E-state index in [1.165, 1.54) is 7.05 Å². The smallest absolute Gasteiger partial charge is 0.433 e. The Labute approximate surface area is 97.0 Å². The van der Waals surface area contributed by atoms with E-state index in [0.717, 1.165) is 0 Å². The van der Waals surface area contributed by atoms with Gasteiger partial charge in [-0.1, -0.05) is 0 Å². The molecule has 0 aliphatic carbocycles. The van der Waals surface area contributed by atoms with E-state index in [9.17, 15) is 26.3 Å². The molecule has 0 saturated heterocycles. The highest BCUT2D eigenvalue weighted by Crippen LogP contribution is 2.30. The Bertz CT molecular complexity index is 416. The summed E-state index contributed by atoms with van der Waals surface area (Å²) in [5.74, 6) is -1.29. The van der Waals surface area contributed by atoms with Gasteiger partial charge >= 0.3 is 12.4 Å². The first-order valence-corrected chi connectivity index (χ1v) is 4.45. The third kappa shape index (κ3) is 4.26. The number of nitrogens with one attached hydrogen (secondary N) is 1. The molecule has 1 heterocycles. The summed E-state index contributed by atoms with van der Waals surface area (Å²) in [4.78, 5) is 6.38. The molecule has 1 aromatic rings. The second kappa shape index (κ2) is 4.86. The van der Waals surface area contributed by atoms with Crippen molar-refractivity contribution < 1.29 is 31.1 Å². The van der Waals surface area contributed by atoms with E-state index in [1.54, 1.807) is 0 Å². The van der Waals surface area contributed by atoms with Crippen LogP contribution in [0.25, 0.3) is 0 Å². The van der Waals surface area contributed by atoms with Gasteiger partial charge in [-0.2, -0.15) is 31.3 Å². The van der Waals surface area contributed by atoms with Crippen molar-refractivity contribution in [3.63, 3.8) is 0 Å². The zero-order chi connectivity index (χ0) is 14.0. The van der Waals surface area contributed by atoms with Crippen LogP contribution in [-0.4, -0.2) is 29.8 Å². The summed E-state index contributed by atoms with van der Waals surface area (Å²) < 4.78 is 76.8. The average molecular weight is 275 g/mol. The first-order chi connectivity index (χ1) is 8.12. The number of alkyl halides is 6. The molecule has 18 heavy (non-hydrogen) atoms. The molecule has 0 aliphatic heterocycles. The molecule has 0 atom stereocenters. The fourth-order valence-corrected chi connectivity index (χ4v) is 0.912. The lowest BCUT2D eigenvalue weighted by Gasteiger charge is -2.12. The standard InChI is InChI=1S/C8H7F6N3O/c1-15-6-16-4(8(12,13)14)2-5(17-6)18-3-7(9,10)11/h2H,3H2,1H3,(H,15,16,17). The summed E-state index contributed by atoms with van der Waals surface area (Å²) >= 11 is 0. The predicted octanol–water partition coefficient (Wildman–Crippen LogP) is 2.48. The normalized spacial score (nSPS) is 12.4. The van der Waals surface area contributed by atoms with E-state index in [-0.39, 0.29) is 0 Å². The van der Waals surface area contributed by atoms with Crippen LogP contribution in [0.3, 0.4) is 0 Å². The van der Waals surface area contributed by atoms with Crippen LogP contribution in [-0.2, 0) is 6.18 Å². The molecule has 1 N–H and O–H groups in total. The number of rotatable bonds is 3. The van der Waals surface area contributed by atoms with Crippen LogP contribution in [0.2, 0.25) is 0 Å². The summed E-state index contributed by atoms with van der Waals surface area (Å²) in [6.07, 6.45) is -9.46. The first-order valence-electron chi connectivity index (χ1n) is 4.45. The molecule has 0 aliphatic rings. The number of aromatic nitrogens is 2. The number of hydrogen-bond acceptors (Lipinski definition) is 4. The molecule has 0 bridgehead atoms. The van der Waals surface area contributed by atoms with Crippen LogP contribution in [0.1, 0.15) is 5.69 Å². The number of ether oxygens (including phenoxy) is 1. The largest absolute Gasteiger partial charge is 0.468 e. The third-order valence-electron chi connectivity index (χ3n) is 1.60. The van der Waals surface area contributed by atoms with E-state index in [0.29, 0.717) is 6.07 Å². The molecular weight excluding hydrogens is 268 g/mol. The highest BCUT2D eigenvalue weighted by atomic mass is 19.4. The molecule has 4 nitrogen and oxygen atoms in total. The van der Waals surface area contributed by atoms with Gasteiger partial charge in [0.15, 0.2) is 12.3 Å². The van der Waals surface area contributed by atoms with Gasteiger partial charge in [-0.05, 0) is 0 Å². The number of hydrogen-bond donors (Lipinski definition) is 1. The molecule has 0 unspecified atom stereocenters. The highest BCUT2D eigenvalue weighted by Gasteiger charge is 2.35. The Hall–Kier alpha value is -1.74. The molecule has 0 aromatic carbocycles. The van der Waals surface area contributed by atoms with Crippen molar-refractivity contribution in [1.82, 2.24) is 9.97 Å². The Morgan fingerprint density at radius 2 is 1.78 bits per heavy atom. The third-order valence-corrected chi connectivity index (χ3v) is 1.60. The predicted molar refractivity (Wildman–Crippen MR) is 48.1 cm³/mol. The van der Waals surface area contributed by atoms with Crippen LogP contribution in [0.15, 0.2) is 6.07 Å². The van der Waals surface area contributed by atoms with Crippen molar-refractivity contribution in [2.24, 2.45) is 0 Å². The second-order valence-corrected chi connectivity index (χ2v) is 3.07. The zero-order valence-corrected chi connectivity index (χ0v) is 8.85. The van der Waals surface area contributed by atoms with Crippen molar-refractivity contribution in [2.45, 2.75) is 12.4 Å². The lowest BCUT2D eigenvalue weighted by molar-refractivity contribution is -0.154. The van der Waals surface area contributed by atoms with Gasteiger partial charge in [-0.3, -0.25) is 0 Å². The molecule has 0 radical (unpaired) electrons. The molecule has 1 aromatic heterocycles. The minimum absolute atomic E-state index is 0.298. The number of halogens is 6. The second-order valence-electron chi connectivity index (χ2n) is 3.07. The maximum Gasteiger partial charge on any atom is 0.433 e. The molecule has 102 valence electrons. The summed E-state index contributed by atoms with van der Waals surface area (Å²) in [7, 11) is 1.23. The Balaban J connectivity index is 2.98. The summed E-state index contributed by atoms with van der Waals surface area (Å²) in [5.41, 5.74) is -1.39. The Morgan fingerprint density at radius 1 is 1.17 bits per heavy atom. The highest BCUT2D eigenvalue weighted by molar-refractivity contribution is 5.31. The lowest BCUT2D eigenvalue weighted by atomic mass is 10.4. The van der Waals surface area contributed by atoms with Gasteiger partial charge in [0.25, 0.3) is 0 Å². The van der Waals surface area contributed by atoms with Crippen LogP contribution >= 0.6 is 0 Å². The molecule has 10 heteroatoms. The van der Waals surface area contributed by atoms with Gasteiger partial charge in [0.1, 0.15) is 0 Å². The van der Waals surface area contributed by atoms with Crippen molar-refractivity contribution in [3.05, 3.63) is 11.8 Å². The van der Waals surface area contributed by atoms with E-state index in [4.69, 9.17) is 0 Å². The van der Waals surface area contributed by atoms with Crippen molar-refractivity contribution in [3.8, 4) is 5.88 Å². The molecule has 1 rings (SSSR count). The molecule has 0 amide bonds. The van der Waals surface area contributed by atoms with Crippen molar-refractivity contribution >= 4 is 5.95 Å². The maximum absolute atomic E-state index is 12.4. The van der Waals surface area contributed by atoms with Crippen LogP contribution < -0.4 is 10.1 Å². The monoisotopic (exact) mass is 275 g/mol. The van der Waals surface area contributed by atoms with Gasteiger partial charge in [-0.15, -0.1) is 0 Å². The van der Waals surface area contributed by atoms with Gasteiger partial charge in [0.05, 0.1) is 0 Å². The molecule has 0 spiro atoms. The van der Waals surface area contributed by atoms with Crippen molar-refractivity contribution in [1.29, 1.82) is 0 Å². The Morgan fingerprint density at radius 3 is 2.22 bits per heavy atom. The molecule has 0 fully saturated rings. The zero-order valence-electron chi connectivity index (χ0n) is 8.85. The number of anilines is 1. The van der Waals surface area contributed by atoms with Crippen LogP contribution in [0.5, 0.6) is 5.88 Å². The number of nitrogens with zero attached hydrogens (tertiary/aromatic N) is 2. The van der Waals surface area contributed by atoms with Gasteiger partial charge in [0, 0.05) is 13.1 Å². The SMILES string of the molecule is CNc1nc(OCC(F)(F)F)cc(C(F)(F)F)n1. The first kappa shape index (κ1) is 14.3. The quantitative estimate of drug-likeness (QED) is 0.861.